The van der Waals surface area contributed by atoms with E-state index in [0.29, 0.717) is 37.4 Å². The highest BCUT2D eigenvalue weighted by atomic mass is 32.2. The van der Waals surface area contributed by atoms with Gasteiger partial charge in [-0.1, -0.05) is 48.5 Å². The molecule has 174 valence electrons. The summed E-state index contributed by atoms with van der Waals surface area (Å²) in [6.45, 7) is 2.20. The number of piperidine rings is 1. The van der Waals surface area contributed by atoms with E-state index >= 15 is 0 Å². The molecule has 0 aromatic heterocycles. The number of nitrogens with zero attached hydrogens (tertiary/aromatic N) is 2. The van der Waals surface area contributed by atoms with E-state index in [2.05, 4.69) is 22.3 Å². The second-order valence-electron chi connectivity index (χ2n) is 8.59. The third kappa shape index (κ3) is 5.54. The van der Waals surface area contributed by atoms with E-state index in [1.54, 1.807) is 12.1 Å². The average molecular weight is 466 g/mol. The average Bonchev–Trinajstić information content (AvgIpc) is 2.86. The molecule has 33 heavy (non-hydrogen) atoms. The van der Waals surface area contributed by atoms with Gasteiger partial charge in [0, 0.05) is 44.8 Å². The molecule has 1 heterocycles. The van der Waals surface area contributed by atoms with Crippen molar-refractivity contribution in [1.82, 2.24) is 9.62 Å². The Hall–Kier alpha value is -2.90. The first-order valence-corrected chi connectivity index (χ1v) is 12.9. The van der Waals surface area contributed by atoms with Crippen molar-refractivity contribution in [2.75, 3.05) is 38.1 Å². The van der Waals surface area contributed by atoms with Crippen molar-refractivity contribution < 1.29 is 13.2 Å². The Balaban J connectivity index is 1.25. The Morgan fingerprint density at radius 3 is 2.36 bits per heavy atom. The van der Waals surface area contributed by atoms with Crippen LogP contribution in [0.2, 0.25) is 0 Å². The summed E-state index contributed by atoms with van der Waals surface area (Å²) in [5, 5.41) is 4.95. The molecule has 7 heteroatoms. The molecular weight excluding hydrogens is 434 g/mol. The Morgan fingerprint density at radius 2 is 1.64 bits per heavy atom. The van der Waals surface area contributed by atoms with Crippen LogP contribution in [0, 0.1) is 5.92 Å². The molecule has 1 aliphatic rings. The molecule has 1 N–H and O–H groups in total. The standard InChI is InChI=1S/C26H31N3O3S/c1-28(24-10-3-2-4-11-24)17-7-16-27-26(30)22-14-18-29(19-15-22)33(31,32)25-13-12-21-8-5-6-9-23(21)20-25/h2-6,8-13,20,22H,7,14-19H2,1H3,(H,27,30). The zero-order chi connectivity index (χ0) is 23.3. The Labute approximate surface area is 196 Å². The molecule has 0 unspecified atom stereocenters. The number of carbonyl (C=O) groups is 1. The predicted octanol–water partition coefficient (Wildman–Crippen LogP) is 3.88. The summed E-state index contributed by atoms with van der Waals surface area (Å²) in [4.78, 5) is 15.1. The van der Waals surface area contributed by atoms with Gasteiger partial charge in [0.2, 0.25) is 15.9 Å². The fraction of sp³-hybridized carbons (Fsp3) is 0.346. The molecule has 0 spiro atoms. The maximum atomic E-state index is 13.1. The van der Waals surface area contributed by atoms with E-state index in [4.69, 9.17) is 0 Å². The van der Waals surface area contributed by atoms with Gasteiger partial charge in [0.05, 0.1) is 4.90 Å². The lowest BCUT2D eigenvalue weighted by molar-refractivity contribution is -0.126. The first-order chi connectivity index (χ1) is 15.9. The highest BCUT2D eigenvalue weighted by molar-refractivity contribution is 7.89. The third-order valence-electron chi connectivity index (χ3n) is 6.35. The second-order valence-corrected chi connectivity index (χ2v) is 10.5. The normalized spacial score (nSPS) is 15.4. The number of hydrogen-bond donors (Lipinski definition) is 1. The molecule has 0 bridgehead atoms. The van der Waals surface area contributed by atoms with Crippen LogP contribution in [0.4, 0.5) is 5.69 Å². The molecule has 6 nitrogen and oxygen atoms in total. The number of rotatable bonds is 8. The number of amides is 1. The van der Waals surface area contributed by atoms with Crippen LogP contribution < -0.4 is 10.2 Å². The molecule has 3 aromatic rings. The Morgan fingerprint density at radius 1 is 0.970 bits per heavy atom. The van der Waals surface area contributed by atoms with Gasteiger partial charge in [0.15, 0.2) is 0 Å². The summed E-state index contributed by atoms with van der Waals surface area (Å²) >= 11 is 0. The van der Waals surface area contributed by atoms with Crippen LogP contribution in [0.25, 0.3) is 10.8 Å². The zero-order valence-electron chi connectivity index (χ0n) is 19.0. The molecule has 1 amide bonds. The molecule has 4 rings (SSSR count). The van der Waals surface area contributed by atoms with Crippen molar-refractivity contribution in [3.8, 4) is 0 Å². The van der Waals surface area contributed by atoms with Crippen molar-refractivity contribution >= 4 is 32.4 Å². The lowest BCUT2D eigenvalue weighted by atomic mass is 9.97. The first-order valence-electron chi connectivity index (χ1n) is 11.5. The Kier molecular flexibility index (Phi) is 7.30. The SMILES string of the molecule is CN(CCCNC(=O)C1CCN(S(=O)(=O)c2ccc3ccccc3c2)CC1)c1ccccc1. The van der Waals surface area contributed by atoms with Crippen LogP contribution in [0.5, 0.6) is 0 Å². The topological polar surface area (TPSA) is 69.7 Å². The van der Waals surface area contributed by atoms with Gasteiger partial charge < -0.3 is 10.2 Å². The largest absolute Gasteiger partial charge is 0.375 e. The number of carbonyl (C=O) groups excluding carboxylic acids is 1. The number of sulfonamides is 1. The molecule has 1 saturated heterocycles. The predicted molar refractivity (Wildman–Crippen MR) is 133 cm³/mol. The van der Waals surface area contributed by atoms with Crippen molar-refractivity contribution in [2.45, 2.75) is 24.2 Å². The second kappa shape index (κ2) is 10.4. The number of benzene rings is 3. The van der Waals surface area contributed by atoms with Crippen LogP contribution in [0.15, 0.2) is 77.7 Å². The highest BCUT2D eigenvalue weighted by Crippen LogP contribution is 2.26. The van der Waals surface area contributed by atoms with Gasteiger partial charge in [-0.2, -0.15) is 4.31 Å². The maximum Gasteiger partial charge on any atom is 0.243 e. The smallest absolute Gasteiger partial charge is 0.243 e. The number of fused-ring (bicyclic) bond motifs is 1. The summed E-state index contributed by atoms with van der Waals surface area (Å²) in [5.74, 6) is -0.111. The van der Waals surface area contributed by atoms with Crippen LogP contribution in [-0.2, 0) is 14.8 Å². The van der Waals surface area contributed by atoms with Gasteiger partial charge in [0.25, 0.3) is 0 Å². The minimum absolute atomic E-state index is 0.0279. The summed E-state index contributed by atoms with van der Waals surface area (Å²) < 4.78 is 27.7. The van der Waals surface area contributed by atoms with Crippen molar-refractivity contribution in [3.63, 3.8) is 0 Å². The molecule has 0 saturated carbocycles. The molecule has 0 radical (unpaired) electrons. The minimum Gasteiger partial charge on any atom is -0.375 e. The molecule has 0 atom stereocenters. The maximum absolute atomic E-state index is 13.1. The number of anilines is 1. The number of para-hydroxylation sites is 1. The minimum atomic E-state index is -3.56. The fourth-order valence-electron chi connectivity index (χ4n) is 4.32. The molecule has 3 aromatic carbocycles. The van der Waals surface area contributed by atoms with Gasteiger partial charge in [-0.3, -0.25) is 4.79 Å². The van der Waals surface area contributed by atoms with Crippen molar-refractivity contribution in [1.29, 1.82) is 0 Å². The van der Waals surface area contributed by atoms with Gasteiger partial charge in [-0.15, -0.1) is 0 Å². The molecule has 0 aliphatic carbocycles. The van der Waals surface area contributed by atoms with E-state index in [9.17, 15) is 13.2 Å². The zero-order valence-corrected chi connectivity index (χ0v) is 19.8. The van der Waals surface area contributed by atoms with Crippen LogP contribution in [0.3, 0.4) is 0 Å². The van der Waals surface area contributed by atoms with Gasteiger partial charge in [-0.05, 0) is 54.3 Å². The molecule has 1 fully saturated rings. The molecular formula is C26H31N3O3S. The highest BCUT2D eigenvalue weighted by Gasteiger charge is 2.32. The Bertz CT molecular complexity index is 1190. The quantitative estimate of drug-likeness (QED) is 0.513. The van der Waals surface area contributed by atoms with Crippen LogP contribution in [-0.4, -0.2) is 51.9 Å². The van der Waals surface area contributed by atoms with E-state index in [1.807, 2.05) is 55.6 Å². The summed E-state index contributed by atoms with van der Waals surface area (Å²) in [7, 11) is -1.52. The lowest BCUT2D eigenvalue weighted by Gasteiger charge is -2.30. The van der Waals surface area contributed by atoms with Gasteiger partial charge in [-0.25, -0.2) is 8.42 Å². The van der Waals surface area contributed by atoms with Crippen LogP contribution >= 0.6 is 0 Å². The summed E-state index contributed by atoms with van der Waals surface area (Å²) in [6, 6.07) is 23.1. The number of hydrogen-bond acceptors (Lipinski definition) is 4. The van der Waals surface area contributed by atoms with E-state index in [0.717, 1.165) is 29.4 Å². The van der Waals surface area contributed by atoms with Crippen LogP contribution in [0.1, 0.15) is 19.3 Å². The van der Waals surface area contributed by atoms with E-state index in [-0.39, 0.29) is 11.8 Å². The summed E-state index contributed by atoms with van der Waals surface area (Å²) in [6.07, 6.45) is 1.94. The van der Waals surface area contributed by atoms with Gasteiger partial charge in [0.1, 0.15) is 0 Å². The monoisotopic (exact) mass is 465 g/mol. The van der Waals surface area contributed by atoms with E-state index < -0.39 is 10.0 Å². The van der Waals surface area contributed by atoms with Crippen molar-refractivity contribution in [3.05, 3.63) is 72.8 Å². The fourth-order valence-corrected chi connectivity index (χ4v) is 5.82. The van der Waals surface area contributed by atoms with E-state index in [1.165, 1.54) is 4.31 Å². The first kappa shape index (κ1) is 23.3. The molecule has 1 aliphatic heterocycles. The number of nitrogens with one attached hydrogen (secondary N) is 1. The summed E-state index contributed by atoms with van der Waals surface area (Å²) in [5.41, 5.74) is 1.16. The third-order valence-corrected chi connectivity index (χ3v) is 8.24. The van der Waals surface area contributed by atoms with Gasteiger partial charge >= 0.3 is 0 Å². The lowest BCUT2D eigenvalue weighted by Crippen LogP contribution is -2.43. The van der Waals surface area contributed by atoms with Crippen molar-refractivity contribution in [2.24, 2.45) is 5.92 Å².